The molecule has 0 bridgehead atoms. The number of aryl methyl sites for hydroxylation is 3. The predicted molar refractivity (Wildman–Crippen MR) is 157 cm³/mol. The number of aromatic nitrogens is 8. The normalized spacial score (nSPS) is 12.0. The number of primary amides is 1. The van der Waals surface area contributed by atoms with Crippen LogP contribution < -0.4 is 11.1 Å². The second-order valence-electron chi connectivity index (χ2n) is 9.92. The minimum absolute atomic E-state index is 0.0575. The average molecular weight is 623 g/mol. The zero-order chi connectivity index (χ0) is 31.5. The van der Waals surface area contributed by atoms with Crippen molar-refractivity contribution >= 4 is 44.7 Å². The van der Waals surface area contributed by atoms with Gasteiger partial charge in [0, 0.05) is 47.7 Å². The van der Waals surface area contributed by atoms with Crippen molar-refractivity contribution in [2.45, 2.75) is 47.0 Å². The smallest absolute Gasteiger partial charge is 0.365 e. The van der Waals surface area contributed by atoms with Crippen molar-refractivity contribution in [1.29, 1.82) is 0 Å². The number of nitrogens with two attached hydrogens (primary N) is 1. The Hall–Kier alpha value is -5.12. The number of pyridine rings is 1. The Kier molecular flexibility index (Phi) is 6.95. The van der Waals surface area contributed by atoms with E-state index in [-0.39, 0.29) is 37.6 Å². The number of hydrogen-bond acceptors (Lipinski definition) is 8. The molecular weight excluding hydrogens is 597 g/mol. The molecule has 0 radical (unpaired) electrons. The Morgan fingerprint density at radius 3 is 2.48 bits per heavy atom. The minimum Gasteiger partial charge on any atom is -0.365 e. The maximum atomic E-state index is 13.9. The summed E-state index contributed by atoms with van der Waals surface area (Å²) in [6, 6.07) is 2.64. The average Bonchev–Trinajstić information content (AvgIpc) is 3.75. The summed E-state index contributed by atoms with van der Waals surface area (Å²) < 4.78 is 46.7. The molecule has 3 N–H and O–H groups in total. The van der Waals surface area contributed by atoms with E-state index in [0.29, 0.717) is 41.4 Å². The van der Waals surface area contributed by atoms with Crippen LogP contribution in [-0.4, -0.2) is 51.0 Å². The number of thiophene rings is 1. The van der Waals surface area contributed by atoms with Gasteiger partial charge in [-0.2, -0.15) is 28.5 Å². The van der Waals surface area contributed by atoms with E-state index in [1.54, 1.807) is 22.4 Å². The van der Waals surface area contributed by atoms with E-state index in [4.69, 9.17) is 5.73 Å². The van der Waals surface area contributed by atoms with Crippen LogP contribution in [0.3, 0.4) is 0 Å². The predicted octanol–water partition coefficient (Wildman–Crippen LogP) is 5.09. The first kappa shape index (κ1) is 29.0. The van der Waals surface area contributed by atoms with E-state index in [9.17, 15) is 22.8 Å². The van der Waals surface area contributed by atoms with Crippen LogP contribution in [0.2, 0.25) is 0 Å². The lowest BCUT2D eigenvalue weighted by molar-refractivity contribution is -0.140. The summed E-state index contributed by atoms with van der Waals surface area (Å²) in [5, 5.41) is 16.0. The largest absolute Gasteiger partial charge is 0.433 e. The SMILES string of the molecule is CCn1cc(-c2ccnc3c(C(=O)Nc4c(C(N)=O)sc5nc(C(F)(F)F)cc(-c6cnn(CC)c6C)c45)cnn23)c(C)n1. The second-order valence-corrected chi connectivity index (χ2v) is 10.9. The van der Waals surface area contributed by atoms with Gasteiger partial charge in [-0.3, -0.25) is 19.0 Å². The van der Waals surface area contributed by atoms with E-state index in [2.05, 4.69) is 30.6 Å². The van der Waals surface area contributed by atoms with Gasteiger partial charge in [-0.15, -0.1) is 11.3 Å². The topological polar surface area (TPSA) is 151 Å². The number of carbonyl (C=O) groups is 2. The number of nitrogens with one attached hydrogen (secondary N) is 1. The van der Waals surface area contributed by atoms with E-state index in [1.165, 1.54) is 23.1 Å². The number of rotatable bonds is 7. The first-order chi connectivity index (χ1) is 20.9. The van der Waals surface area contributed by atoms with Crippen LogP contribution in [0.25, 0.3) is 38.2 Å². The maximum Gasteiger partial charge on any atom is 0.433 e. The van der Waals surface area contributed by atoms with Crippen LogP contribution in [0.5, 0.6) is 0 Å². The fourth-order valence-corrected chi connectivity index (χ4v) is 6.15. The first-order valence-electron chi connectivity index (χ1n) is 13.5. The number of anilines is 1. The highest BCUT2D eigenvalue weighted by molar-refractivity contribution is 7.21. The van der Waals surface area contributed by atoms with Gasteiger partial charge in [-0.1, -0.05) is 0 Å². The second kappa shape index (κ2) is 10.6. The number of carbonyl (C=O) groups excluding carboxylic acids is 2. The highest BCUT2D eigenvalue weighted by Crippen LogP contribution is 2.44. The van der Waals surface area contributed by atoms with Crippen molar-refractivity contribution in [2.75, 3.05) is 5.32 Å². The highest BCUT2D eigenvalue weighted by atomic mass is 32.1. The lowest BCUT2D eigenvalue weighted by atomic mass is 10.0. The van der Waals surface area contributed by atoms with Crippen LogP contribution >= 0.6 is 11.3 Å². The number of amides is 2. The van der Waals surface area contributed by atoms with Gasteiger partial charge in [0.25, 0.3) is 11.8 Å². The molecule has 6 aromatic rings. The van der Waals surface area contributed by atoms with E-state index >= 15 is 0 Å². The van der Waals surface area contributed by atoms with Crippen molar-refractivity contribution in [3.63, 3.8) is 0 Å². The number of alkyl halides is 3. The monoisotopic (exact) mass is 622 g/mol. The summed E-state index contributed by atoms with van der Waals surface area (Å²) in [6.45, 7) is 8.54. The van der Waals surface area contributed by atoms with Crippen molar-refractivity contribution in [2.24, 2.45) is 5.73 Å². The molecular formula is C28H25F3N10O2S. The quantitative estimate of drug-likeness (QED) is 0.252. The number of fused-ring (bicyclic) bond motifs is 2. The molecule has 0 atom stereocenters. The van der Waals surface area contributed by atoms with Gasteiger partial charge in [-0.25, -0.2) is 14.5 Å². The third-order valence-corrected chi connectivity index (χ3v) is 8.40. The summed E-state index contributed by atoms with van der Waals surface area (Å²) in [5.41, 5.74) is 8.04. The lowest BCUT2D eigenvalue weighted by Crippen LogP contribution is -2.17. The van der Waals surface area contributed by atoms with Gasteiger partial charge in [0.2, 0.25) is 0 Å². The molecule has 6 aromatic heterocycles. The molecule has 16 heteroatoms. The third kappa shape index (κ3) is 4.67. The van der Waals surface area contributed by atoms with Gasteiger partial charge in [0.15, 0.2) is 5.65 Å². The number of halogens is 3. The van der Waals surface area contributed by atoms with Crippen molar-refractivity contribution in [1.82, 2.24) is 39.1 Å². The summed E-state index contributed by atoms with van der Waals surface area (Å²) in [5.74, 6) is -1.63. The molecule has 0 aromatic carbocycles. The summed E-state index contributed by atoms with van der Waals surface area (Å²) >= 11 is 0.665. The zero-order valence-electron chi connectivity index (χ0n) is 23.9. The van der Waals surface area contributed by atoms with Crippen LogP contribution in [0.15, 0.2) is 36.9 Å². The molecule has 2 amide bonds. The molecule has 0 aliphatic carbocycles. The molecule has 12 nitrogen and oxygen atoms in total. The van der Waals surface area contributed by atoms with Crippen molar-refractivity contribution < 1.29 is 22.8 Å². The molecule has 0 unspecified atom stereocenters. The van der Waals surface area contributed by atoms with Crippen LogP contribution in [-0.2, 0) is 19.3 Å². The molecule has 0 aliphatic rings. The Morgan fingerprint density at radius 2 is 1.84 bits per heavy atom. The first-order valence-corrected chi connectivity index (χ1v) is 14.3. The fraction of sp³-hybridized carbons (Fsp3) is 0.250. The standard InChI is InChI=1S/C28H25F3N10O2S/c1-5-39-12-18(13(3)38-39)19-7-8-33-25-17(11-35-41(19)25)26(43)37-22-21-15(16-10-34-40(6-2)14(16)4)9-20(28(29,30)31)36-27(21)44-23(22)24(32)42/h7-12H,5-6H2,1-4H3,(H2,32,42)(H,37,43). The van der Waals surface area contributed by atoms with Crippen LogP contribution in [0, 0.1) is 13.8 Å². The zero-order valence-corrected chi connectivity index (χ0v) is 24.7. The van der Waals surface area contributed by atoms with E-state index in [0.717, 1.165) is 17.3 Å². The molecule has 6 heterocycles. The fourth-order valence-electron chi connectivity index (χ4n) is 5.15. The molecule has 0 spiro atoms. The van der Waals surface area contributed by atoms with Crippen LogP contribution in [0.4, 0.5) is 18.9 Å². The Balaban J connectivity index is 1.52. The number of nitrogens with zero attached hydrogens (tertiary/aromatic N) is 8. The summed E-state index contributed by atoms with van der Waals surface area (Å²) in [6.07, 6.45) is 1.41. The third-order valence-electron chi connectivity index (χ3n) is 7.30. The minimum atomic E-state index is -4.77. The van der Waals surface area contributed by atoms with Gasteiger partial charge >= 0.3 is 6.18 Å². The Bertz CT molecular complexity index is 2100. The summed E-state index contributed by atoms with van der Waals surface area (Å²) in [7, 11) is 0. The molecule has 0 saturated heterocycles. The van der Waals surface area contributed by atoms with E-state index < -0.39 is 23.7 Å². The van der Waals surface area contributed by atoms with Gasteiger partial charge in [0.05, 0.1) is 29.5 Å². The van der Waals surface area contributed by atoms with Crippen LogP contribution in [0.1, 0.15) is 51.0 Å². The van der Waals surface area contributed by atoms with Gasteiger partial charge < -0.3 is 11.1 Å². The molecule has 226 valence electrons. The molecule has 6 rings (SSSR count). The Morgan fingerprint density at radius 1 is 1.07 bits per heavy atom. The molecule has 0 saturated carbocycles. The maximum absolute atomic E-state index is 13.9. The van der Waals surface area contributed by atoms with Crippen molar-refractivity contribution in [3.8, 4) is 22.4 Å². The van der Waals surface area contributed by atoms with Gasteiger partial charge in [-0.05, 0) is 45.4 Å². The molecule has 44 heavy (non-hydrogen) atoms. The lowest BCUT2D eigenvalue weighted by Gasteiger charge is -2.12. The van der Waals surface area contributed by atoms with Crippen molar-refractivity contribution in [3.05, 3.63) is 64.4 Å². The summed E-state index contributed by atoms with van der Waals surface area (Å²) in [4.78, 5) is 34.2. The Labute approximate surface area is 251 Å². The molecule has 0 fully saturated rings. The molecule has 0 aliphatic heterocycles. The van der Waals surface area contributed by atoms with Gasteiger partial charge in [0.1, 0.15) is 21.0 Å². The highest BCUT2D eigenvalue weighted by Gasteiger charge is 2.35. The van der Waals surface area contributed by atoms with E-state index in [1.807, 2.05) is 27.0 Å². The number of hydrogen-bond donors (Lipinski definition) is 2.